The van der Waals surface area contributed by atoms with Crippen molar-refractivity contribution >= 4 is 27.6 Å². The standard InChI is InChI=1S/C18H29N3O6S/c1-12(16(23)20-18(2,3)4)27-17(24)14-11-13(28(25,26)21(5)6)7-8-15(14)19-9-10-22/h7-8,11-12,19,22H,9-10H2,1-6H3,(H,20,23)/t12-/m0/s1. The number of carbonyl (C=O) groups excluding carboxylic acids is 2. The number of nitrogens with one attached hydrogen (secondary N) is 2. The van der Waals surface area contributed by atoms with E-state index in [0.29, 0.717) is 5.69 Å². The first-order chi connectivity index (χ1) is 12.8. The zero-order valence-electron chi connectivity index (χ0n) is 17.1. The Hall–Kier alpha value is -2.17. The van der Waals surface area contributed by atoms with Crippen LogP contribution in [0.15, 0.2) is 23.1 Å². The molecule has 0 saturated carbocycles. The molecule has 0 spiro atoms. The maximum Gasteiger partial charge on any atom is 0.341 e. The van der Waals surface area contributed by atoms with Crippen LogP contribution in [0.2, 0.25) is 0 Å². The zero-order chi connectivity index (χ0) is 21.7. The number of benzene rings is 1. The van der Waals surface area contributed by atoms with E-state index in [1.54, 1.807) is 20.8 Å². The van der Waals surface area contributed by atoms with Crippen molar-refractivity contribution in [3.63, 3.8) is 0 Å². The van der Waals surface area contributed by atoms with E-state index in [9.17, 15) is 18.0 Å². The van der Waals surface area contributed by atoms with Gasteiger partial charge < -0.3 is 20.5 Å². The smallest absolute Gasteiger partial charge is 0.341 e. The van der Waals surface area contributed by atoms with Gasteiger partial charge in [0, 0.05) is 31.9 Å². The fourth-order valence-corrected chi connectivity index (χ4v) is 3.09. The van der Waals surface area contributed by atoms with Gasteiger partial charge in [0.2, 0.25) is 10.0 Å². The van der Waals surface area contributed by atoms with Crippen LogP contribution in [-0.4, -0.2) is 68.6 Å². The number of amides is 1. The van der Waals surface area contributed by atoms with Gasteiger partial charge in [0.15, 0.2) is 6.10 Å². The second-order valence-electron chi connectivity index (χ2n) is 7.43. The maximum atomic E-state index is 12.6. The molecule has 0 aliphatic rings. The summed E-state index contributed by atoms with van der Waals surface area (Å²) in [5.74, 6) is -1.32. The Morgan fingerprint density at radius 3 is 2.36 bits per heavy atom. The molecule has 0 aromatic heterocycles. The Labute approximate surface area is 166 Å². The van der Waals surface area contributed by atoms with E-state index in [1.165, 1.54) is 39.2 Å². The average molecular weight is 416 g/mol. The number of nitrogens with zero attached hydrogens (tertiary/aromatic N) is 1. The van der Waals surface area contributed by atoms with E-state index in [2.05, 4.69) is 10.6 Å². The van der Waals surface area contributed by atoms with Crippen LogP contribution in [-0.2, 0) is 19.6 Å². The first kappa shape index (κ1) is 23.9. The number of anilines is 1. The number of aliphatic hydroxyl groups is 1. The summed E-state index contributed by atoms with van der Waals surface area (Å²) in [7, 11) is -1.01. The molecule has 0 heterocycles. The molecule has 0 bridgehead atoms. The first-order valence-electron chi connectivity index (χ1n) is 8.74. The molecule has 9 nitrogen and oxygen atoms in total. The molecular formula is C18H29N3O6S. The van der Waals surface area contributed by atoms with E-state index in [1.807, 2.05) is 0 Å². The lowest BCUT2D eigenvalue weighted by atomic mass is 10.1. The van der Waals surface area contributed by atoms with Crippen LogP contribution in [0.3, 0.4) is 0 Å². The van der Waals surface area contributed by atoms with E-state index in [-0.39, 0.29) is 23.6 Å². The molecule has 0 aliphatic carbocycles. The van der Waals surface area contributed by atoms with Crippen LogP contribution >= 0.6 is 0 Å². The predicted octanol–water partition coefficient (Wildman–Crippen LogP) is 0.801. The molecule has 28 heavy (non-hydrogen) atoms. The normalized spacial score (nSPS) is 13.1. The second-order valence-corrected chi connectivity index (χ2v) is 9.58. The largest absolute Gasteiger partial charge is 0.449 e. The Kier molecular flexibility index (Phi) is 7.97. The topological polar surface area (TPSA) is 125 Å². The quantitative estimate of drug-likeness (QED) is 0.536. The molecule has 10 heteroatoms. The molecule has 1 aromatic rings. The van der Waals surface area contributed by atoms with Gasteiger partial charge in [-0.05, 0) is 45.9 Å². The number of ether oxygens (including phenoxy) is 1. The SMILES string of the molecule is C[C@H](OC(=O)c1cc(S(=O)(=O)N(C)C)ccc1NCCO)C(=O)NC(C)(C)C. The number of carbonyl (C=O) groups is 2. The van der Waals surface area contributed by atoms with Crippen molar-refractivity contribution < 1.29 is 27.9 Å². The molecule has 158 valence electrons. The van der Waals surface area contributed by atoms with Crippen molar-refractivity contribution in [2.45, 2.75) is 44.2 Å². The highest BCUT2D eigenvalue weighted by molar-refractivity contribution is 7.89. The lowest BCUT2D eigenvalue weighted by Crippen LogP contribution is -2.46. The van der Waals surface area contributed by atoms with Crippen LogP contribution in [0.25, 0.3) is 0 Å². The van der Waals surface area contributed by atoms with Gasteiger partial charge in [0.25, 0.3) is 5.91 Å². The molecule has 1 amide bonds. The van der Waals surface area contributed by atoms with Gasteiger partial charge in [0.1, 0.15) is 0 Å². The molecule has 0 fully saturated rings. The van der Waals surface area contributed by atoms with Crippen LogP contribution in [0.4, 0.5) is 5.69 Å². The van der Waals surface area contributed by atoms with Crippen LogP contribution < -0.4 is 10.6 Å². The van der Waals surface area contributed by atoms with Crippen molar-refractivity contribution in [3.8, 4) is 0 Å². The molecule has 1 atom stereocenters. The third kappa shape index (κ3) is 6.47. The van der Waals surface area contributed by atoms with Gasteiger partial charge in [-0.15, -0.1) is 0 Å². The zero-order valence-corrected chi connectivity index (χ0v) is 17.9. The summed E-state index contributed by atoms with van der Waals surface area (Å²) >= 11 is 0. The van der Waals surface area contributed by atoms with Gasteiger partial charge in [-0.3, -0.25) is 4.79 Å². The van der Waals surface area contributed by atoms with Crippen molar-refractivity contribution in [1.82, 2.24) is 9.62 Å². The summed E-state index contributed by atoms with van der Waals surface area (Å²) in [6.45, 7) is 6.79. The summed E-state index contributed by atoms with van der Waals surface area (Å²) in [6, 6.07) is 3.95. The van der Waals surface area contributed by atoms with Crippen LogP contribution in [0.5, 0.6) is 0 Å². The second kappa shape index (κ2) is 9.35. The first-order valence-corrected chi connectivity index (χ1v) is 10.2. The average Bonchev–Trinajstić information content (AvgIpc) is 2.57. The summed E-state index contributed by atoms with van der Waals surface area (Å²) in [5, 5.41) is 14.5. The molecule has 1 rings (SSSR count). The number of sulfonamides is 1. The fourth-order valence-electron chi connectivity index (χ4n) is 2.16. The Morgan fingerprint density at radius 1 is 1.25 bits per heavy atom. The molecule has 0 radical (unpaired) electrons. The lowest BCUT2D eigenvalue weighted by Gasteiger charge is -2.23. The molecule has 3 N–H and O–H groups in total. The summed E-state index contributed by atoms with van der Waals surface area (Å²) in [6.07, 6.45) is -1.08. The Morgan fingerprint density at radius 2 is 1.86 bits per heavy atom. The molecule has 0 saturated heterocycles. The van der Waals surface area contributed by atoms with Gasteiger partial charge in [-0.25, -0.2) is 17.5 Å². The number of rotatable bonds is 8. The minimum atomic E-state index is -3.77. The van der Waals surface area contributed by atoms with Gasteiger partial charge in [0.05, 0.1) is 17.1 Å². The lowest BCUT2D eigenvalue weighted by molar-refractivity contribution is -0.130. The molecule has 1 aromatic carbocycles. The highest BCUT2D eigenvalue weighted by Gasteiger charge is 2.26. The highest BCUT2D eigenvalue weighted by Crippen LogP contribution is 2.23. The number of hydrogen-bond donors (Lipinski definition) is 3. The van der Waals surface area contributed by atoms with Crippen LogP contribution in [0, 0.1) is 0 Å². The Balaban J connectivity index is 3.19. The van der Waals surface area contributed by atoms with Crippen molar-refractivity contribution in [3.05, 3.63) is 23.8 Å². The number of hydrogen-bond acceptors (Lipinski definition) is 7. The molecule has 0 unspecified atom stereocenters. The maximum absolute atomic E-state index is 12.6. The number of esters is 1. The van der Waals surface area contributed by atoms with Gasteiger partial charge in [-0.1, -0.05) is 0 Å². The highest BCUT2D eigenvalue weighted by atomic mass is 32.2. The Bertz CT molecular complexity index is 815. The summed E-state index contributed by atoms with van der Waals surface area (Å²) in [5.41, 5.74) is -0.252. The van der Waals surface area contributed by atoms with E-state index in [0.717, 1.165) is 4.31 Å². The van der Waals surface area contributed by atoms with Gasteiger partial charge in [-0.2, -0.15) is 0 Å². The minimum Gasteiger partial charge on any atom is -0.449 e. The van der Waals surface area contributed by atoms with Crippen molar-refractivity contribution in [2.24, 2.45) is 0 Å². The third-order valence-corrected chi connectivity index (χ3v) is 5.38. The van der Waals surface area contributed by atoms with E-state index in [4.69, 9.17) is 9.84 Å². The van der Waals surface area contributed by atoms with Crippen molar-refractivity contribution in [1.29, 1.82) is 0 Å². The number of aliphatic hydroxyl groups excluding tert-OH is 1. The fraction of sp³-hybridized carbons (Fsp3) is 0.556. The van der Waals surface area contributed by atoms with E-state index >= 15 is 0 Å². The summed E-state index contributed by atoms with van der Waals surface area (Å²) < 4.78 is 31.0. The van der Waals surface area contributed by atoms with Crippen LogP contribution in [0.1, 0.15) is 38.1 Å². The third-order valence-electron chi connectivity index (χ3n) is 3.57. The summed E-state index contributed by atoms with van der Waals surface area (Å²) in [4.78, 5) is 24.7. The minimum absolute atomic E-state index is 0.0493. The monoisotopic (exact) mass is 415 g/mol. The predicted molar refractivity (Wildman–Crippen MR) is 106 cm³/mol. The molecule has 0 aliphatic heterocycles. The van der Waals surface area contributed by atoms with Gasteiger partial charge >= 0.3 is 5.97 Å². The van der Waals surface area contributed by atoms with Crippen molar-refractivity contribution in [2.75, 3.05) is 32.6 Å². The van der Waals surface area contributed by atoms with E-state index < -0.39 is 33.5 Å². The molecular weight excluding hydrogens is 386 g/mol.